The van der Waals surface area contributed by atoms with Crippen LogP contribution in [0.2, 0.25) is 0 Å². The smallest absolute Gasteiger partial charge is 0.234 e. The van der Waals surface area contributed by atoms with Crippen LogP contribution in [0.1, 0.15) is 43.4 Å². The van der Waals surface area contributed by atoms with Crippen LogP contribution in [0.3, 0.4) is 0 Å². The summed E-state index contributed by atoms with van der Waals surface area (Å²) in [7, 11) is 0. The summed E-state index contributed by atoms with van der Waals surface area (Å²) in [4.78, 5) is 24.3. The maximum Gasteiger partial charge on any atom is 0.234 e. The zero-order valence-electron chi connectivity index (χ0n) is 17.0. The molecule has 0 saturated heterocycles. The van der Waals surface area contributed by atoms with E-state index in [1.165, 1.54) is 11.1 Å². The molecule has 0 unspecified atom stereocenters. The first-order valence-corrected chi connectivity index (χ1v) is 11.0. The molecule has 2 N–H and O–H groups in total. The van der Waals surface area contributed by atoms with E-state index in [2.05, 4.69) is 36.6 Å². The van der Waals surface area contributed by atoms with Gasteiger partial charge in [0.25, 0.3) is 0 Å². The summed E-state index contributed by atoms with van der Waals surface area (Å²) in [6.45, 7) is 6.20. The third-order valence-corrected chi connectivity index (χ3v) is 5.53. The number of benzene rings is 2. The van der Waals surface area contributed by atoms with Crippen LogP contribution < -0.4 is 10.6 Å². The van der Waals surface area contributed by atoms with Crippen LogP contribution in [0.15, 0.2) is 42.5 Å². The van der Waals surface area contributed by atoms with Gasteiger partial charge in [-0.2, -0.15) is 11.8 Å². The highest BCUT2D eigenvalue weighted by Gasteiger charge is 2.10. The minimum absolute atomic E-state index is 0.0140. The number of carbonyl (C=O) groups is 2. The summed E-state index contributed by atoms with van der Waals surface area (Å²) in [6, 6.07) is 13.9. The molecule has 0 spiro atoms. The standard InChI is InChI=1S/C23H30N2O2S/c1-4-18-10-7-11-19(5-2)23(18)25-22(27)16-28-14-8-13-21(26)24-20-12-6-9-17(3)15-20/h6-7,9-12,15H,4-5,8,13-14,16H2,1-3H3,(H,24,26)(H,25,27). The molecule has 0 aliphatic heterocycles. The van der Waals surface area contributed by atoms with Gasteiger partial charge in [0.2, 0.25) is 11.8 Å². The van der Waals surface area contributed by atoms with Crippen LogP contribution >= 0.6 is 11.8 Å². The Hall–Kier alpha value is -2.27. The van der Waals surface area contributed by atoms with Crippen molar-refractivity contribution >= 4 is 35.0 Å². The zero-order chi connectivity index (χ0) is 20.4. The summed E-state index contributed by atoms with van der Waals surface area (Å²) in [5.74, 6) is 1.22. The second-order valence-corrected chi connectivity index (χ2v) is 7.89. The Labute approximate surface area is 172 Å². The Morgan fingerprint density at radius 3 is 2.25 bits per heavy atom. The maximum absolute atomic E-state index is 12.3. The van der Waals surface area contributed by atoms with Gasteiger partial charge >= 0.3 is 0 Å². The fourth-order valence-electron chi connectivity index (χ4n) is 3.02. The quantitative estimate of drug-likeness (QED) is 0.540. The molecule has 2 aromatic carbocycles. The average Bonchev–Trinajstić information content (AvgIpc) is 2.67. The first-order valence-electron chi connectivity index (χ1n) is 9.88. The maximum atomic E-state index is 12.3. The molecule has 150 valence electrons. The van der Waals surface area contributed by atoms with Crippen molar-refractivity contribution in [2.45, 2.75) is 46.5 Å². The summed E-state index contributed by atoms with van der Waals surface area (Å²) in [5, 5.41) is 5.99. The molecule has 4 nitrogen and oxygen atoms in total. The number of hydrogen-bond donors (Lipinski definition) is 2. The fourth-order valence-corrected chi connectivity index (χ4v) is 3.77. The lowest BCUT2D eigenvalue weighted by molar-refractivity contribution is -0.116. The van der Waals surface area contributed by atoms with Crippen molar-refractivity contribution in [2.24, 2.45) is 0 Å². The zero-order valence-corrected chi connectivity index (χ0v) is 17.8. The minimum Gasteiger partial charge on any atom is -0.326 e. The summed E-state index contributed by atoms with van der Waals surface area (Å²) in [5.41, 5.74) is 5.26. The van der Waals surface area contributed by atoms with Crippen LogP contribution in [-0.2, 0) is 22.4 Å². The molecule has 0 atom stereocenters. The van der Waals surface area contributed by atoms with Crippen molar-refractivity contribution in [3.63, 3.8) is 0 Å². The molecule has 5 heteroatoms. The molecule has 0 radical (unpaired) electrons. The van der Waals surface area contributed by atoms with E-state index in [1.54, 1.807) is 11.8 Å². The highest BCUT2D eigenvalue weighted by Crippen LogP contribution is 2.23. The highest BCUT2D eigenvalue weighted by molar-refractivity contribution is 7.99. The third kappa shape index (κ3) is 7.04. The number of para-hydroxylation sites is 1. The molecular weight excluding hydrogens is 368 g/mol. The van der Waals surface area contributed by atoms with Crippen molar-refractivity contribution in [3.05, 3.63) is 59.2 Å². The van der Waals surface area contributed by atoms with Gasteiger partial charge in [-0.1, -0.05) is 44.2 Å². The molecule has 0 aliphatic rings. The largest absolute Gasteiger partial charge is 0.326 e. The van der Waals surface area contributed by atoms with E-state index in [4.69, 9.17) is 0 Å². The first-order chi connectivity index (χ1) is 13.5. The van der Waals surface area contributed by atoms with E-state index >= 15 is 0 Å². The topological polar surface area (TPSA) is 58.2 Å². The molecular formula is C23H30N2O2S. The number of hydrogen-bond acceptors (Lipinski definition) is 3. The van der Waals surface area contributed by atoms with E-state index in [0.29, 0.717) is 12.2 Å². The van der Waals surface area contributed by atoms with Gasteiger partial charge in [-0.3, -0.25) is 9.59 Å². The Kier molecular flexibility index (Phi) is 9.08. The first kappa shape index (κ1) is 22.0. The molecule has 28 heavy (non-hydrogen) atoms. The molecule has 0 bridgehead atoms. The van der Waals surface area contributed by atoms with E-state index in [1.807, 2.05) is 37.3 Å². The number of carbonyl (C=O) groups excluding carboxylic acids is 2. The van der Waals surface area contributed by atoms with Crippen molar-refractivity contribution in [3.8, 4) is 0 Å². The predicted octanol–water partition coefficient (Wildman–Crippen LogP) is 5.21. The number of nitrogens with one attached hydrogen (secondary N) is 2. The van der Waals surface area contributed by atoms with Crippen LogP contribution in [0, 0.1) is 6.92 Å². The van der Waals surface area contributed by atoms with Gasteiger partial charge in [0.15, 0.2) is 0 Å². The normalized spacial score (nSPS) is 10.5. The van der Waals surface area contributed by atoms with Crippen molar-refractivity contribution in [2.75, 3.05) is 22.1 Å². The summed E-state index contributed by atoms with van der Waals surface area (Å²) >= 11 is 1.57. The van der Waals surface area contributed by atoms with E-state index in [0.717, 1.165) is 42.0 Å². The van der Waals surface area contributed by atoms with E-state index < -0.39 is 0 Å². The second-order valence-electron chi connectivity index (χ2n) is 6.78. The minimum atomic E-state index is 0.0140. The Balaban J connectivity index is 1.70. The molecule has 0 heterocycles. The van der Waals surface area contributed by atoms with Gasteiger partial charge in [-0.25, -0.2) is 0 Å². The van der Waals surface area contributed by atoms with Crippen molar-refractivity contribution < 1.29 is 9.59 Å². The second kappa shape index (κ2) is 11.5. The van der Waals surface area contributed by atoms with Crippen LogP contribution in [0.4, 0.5) is 11.4 Å². The van der Waals surface area contributed by atoms with Crippen molar-refractivity contribution in [1.82, 2.24) is 0 Å². The number of rotatable bonds is 10. The summed E-state index contributed by atoms with van der Waals surface area (Å²) in [6.07, 6.45) is 3.00. The van der Waals surface area contributed by atoms with E-state index in [9.17, 15) is 9.59 Å². The van der Waals surface area contributed by atoms with Gasteiger partial charge in [-0.05, 0) is 60.8 Å². The molecule has 2 aromatic rings. The SMILES string of the molecule is CCc1cccc(CC)c1NC(=O)CSCCCC(=O)Nc1cccc(C)c1. The summed E-state index contributed by atoms with van der Waals surface area (Å²) < 4.78 is 0. The highest BCUT2D eigenvalue weighted by atomic mass is 32.2. The van der Waals surface area contributed by atoms with Gasteiger partial charge < -0.3 is 10.6 Å². The molecule has 0 aromatic heterocycles. The lowest BCUT2D eigenvalue weighted by atomic mass is 10.0. The molecule has 2 rings (SSSR count). The molecule has 0 saturated carbocycles. The van der Waals surface area contributed by atoms with Crippen LogP contribution in [0.5, 0.6) is 0 Å². The number of anilines is 2. The molecule has 0 aliphatic carbocycles. The van der Waals surface area contributed by atoms with Gasteiger partial charge in [0.05, 0.1) is 5.75 Å². The molecule has 2 amide bonds. The van der Waals surface area contributed by atoms with Crippen LogP contribution in [-0.4, -0.2) is 23.3 Å². The predicted molar refractivity (Wildman–Crippen MR) is 120 cm³/mol. The number of amides is 2. The monoisotopic (exact) mass is 398 g/mol. The van der Waals surface area contributed by atoms with Crippen molar-refractivity contribution in [1.29, 1.82) is 0 Å². The van der Waals surface area contributed by atoms with Gasteiger partial charge in [0, 0.05) is 17.8 Å². The molecule has 0 fully saturated rings. The number of aryl methyl sites for hydroxylation is 3. The number of thioether (sulfide) groups is 1. The third-order valence-electron chi connectivity index (χ3n) is 4.49. The van der Waals surface area contributed by atoms with Crippen LogP contribution in [0.25, 0.3) is 0 Å². The Morgan fingerprint density at radius 1 is 0.929 bits per heavy atom. The average molecular weight is 399 g/mol. The van der Waals surface area contributed by atoms with E-state index in [-0.39, 0.29) is 11.8 Å². The Morgan fingerprint density at radius 2 is 1.61 bits per heavy atom. The van der Waals surface area contributed by atoms with Gasteiger partial charge in [-0.15, -0.1) is 0 Å². The Bertz CT molecular complexity index is 783. The van der Waals surface area contributed by atoms with Gasteiger partial charge in [0.1, 0.15) is 0 Å². The fraction of sp³-hybridized carbons (Fsp3) is 0.391. The lowest BCUT2D eigenvalue weighted by Crippen LogP contribution is -2.17. The lowest BCUT2D eigenvalue weighted by Gasteiger charge is -2.14.